The molecule has 0 aliphatic rings. The fourth-order valence-electron chi connectivity index (χ4n) is 1.81. The van der Waals surface area contributed by atoms with Crippen molar-refractivity contribution in [3.8, 4) is 6.07 Å². The number of aryl methyl sites for hydroxylation is 1. The summed E-state index contributed by atoms with van der Waals surface area (Å²) in [4.78, 5) is 0. The first-order valence-electron chi connectivity index (χ1n) is 5.88. The number of hydrogen-bond acceptors (Lipinski definition) is 3. The number of nitrogens with two attached hydrogens (primary N) is 1. The van der Waals surface area contributed by atoms with E-state index >= 15 is 0 Å². The summed E-state index contributed by atoms with van der Waals surface area (Å²) in [6, 6.07) is 13.4. The molecule has 3 nitrogen and oxygen atoms in total. The van der Waals surface area contributed by atoms with E-state index in [2.05, 4.69) is 11.4 Å². The molecule has 0 saturated heterocycles. The summed E-state index contributed by atoms with van der Waals surface area (Å²) >= 11 is 6.14. The van der Waals surface area contributed by atoms with Crippen molar-refractivity contribution in [2.75, 3.05) is 11.1 Å². The van der Waals surface area contributed by atoms with Crippen molar-refractivity contribution in [2.45, 2.75) is 13.3 Å². The molecular formula is C15H14ClN3. The summed E-state index contributed by atoms with van der Waals surface area (Å²) in [7, 11) is 0. The minimum absolute atomic E-state index is 0.295. The van der Waals surface area contributed by atoms with Crippen molar-refractivity contribution < 1.29 is 0 Å². The third-order valence-electron chi connectivity index (χ3n) is 2.81. The second kappa shape index (κ2) is 5.64. The van der Waals surface area contributed by atoms with E-state index in [0.717, 1.165) is 22.5 Å². The molecular weight excluding hydrogens is 258 g/mol. The van der Waals surface area contributed by atoms with E-state index < -0.39 is 0 Å². The molecule has 3 N–H and O–H groups in total. The topological polar surface area (TPSA) is 61.8 Å². The molecule has 0 unspecified atom stereocenters. The highest BCUT2D eigenvalue weighted by Crippen LogP contribution is 2.28. The second-order valence-corrected chi connectivity index (χ2v) is 4.76. The second-order valence-electron chi connectivity index (χ2n) is 4.36. The van der Waals surface area contributed by atoms with Crippen LogP contribution >= 0.6 is 11.6 Å². The van der Waals surface area contributed by atoms with E-state index in [4.69, 9.17) is 22.6 Å². The van der Waals surface area contributed by atoms with Crippen LogP contribution in [0, 0.1) is 18.3 Å². The van der Waals surface area contributed by atoms with E-state index in [9.17, 15) is 0 Å². The molecule has 2 aromatic rings. The van der Waals surface area contributed by atoms with Crippen LogP contribution in [0.15, 0.2) is 36.4 Å². The van der Waals surface area contributed by atoms with Crippen LogP contribution in [0.5, 0.6) is 0 Å². The van der Waals surface area contributed by atoms with Gasteiger partial charge < -0.3 is 11.1 Å². The summed E-state index contributed by atoms with van der Waals surface area (Å²) in [5, 5.41) is 12.7. The Morgan fingerprint density at radius 1 is 1.26 bits per heavy atom. The number of nitrogens with one attached hydrogen (secondary N) is 1. The van der Waals surface area contributed by atoms with Crippen LogP contribution in [0.1, 0.15) is 11.1 Å². The molecule has 0 amide bonds. The van der Waals surface area contributed by atoms with Gasteiger partial charge in [0.15, 0.2) is 0 Å². The lowest BCUT2D eigenvalue weighted by Gasteiger charge is -2.11. The number of nitrogen functional groups attached to an aromatic ring is 1. The van der Waals surface area contributed by atoms with Crippen molar-refractivity contribution in [2.24, 2.45) is 0 Å². The predicted octanol–water partition coefficient (Wildman–Crippen LogP) is 4.04. The molecule has 2 aromatic carbocycles. The average Bonchev–Trinajstić information content (AvgIpc) is 2.38. The Hall–Kier alpha value is -2.18. The van der Waals surface area contributed by atoms with Gasteiger partial charge in [-0.1, -0.05) is 17.7 Å². The monoisotopic (exact) mass is 271 g/mol. The van der Waals surface area contributed by atoms with Crippen LogP contribution in [-0.4, -0.2) is 0 Å². The number of hydrogen-bond donors (Lipinski definition) is 2. The molecule has 2 rings (SSSR count). The standard InChI is InChI=1S/C15H14ClN3/c1-10-2-4-13(16)15(8-10)19-12-3-5-14(18)11(9-12)6-7-17/h2-5,8-9,19H,6,18H2,1H3. The van der Waals surface area contributed by atoms with E-state index in [1.165, 1.54) is 0 Å². The molecule has 0 aliphatic carbocycles. The number of benzene rings is 2. The molecule has 0 aliphatic heterocycles. The lowest BCUT2D eigenvalue weighted by atomic mass is 10.1. The Bertz CT molecular complexity index is 644. The number of halogens is 1. The molecule has 0 bridgehead atoms. The molecule has 0 atom stereocenters. The Morgan fingerprint density at radius 3 is 2.79 bits per heavy atom. The lowest BCUT2D eigenvalue weighted by Crippen LogP contribution is -1.97. The third kappa shape index (κ3) is 3.18. The molecule has 0 spiro atoms. The van der Waals surface area contributed by atoms with Crippen molar-refractivity contribution in [1.29, 1.82) is 5.26 Å². The van der Waals surface area contributed by atoms with Crippen LogP contribution < -0.4 is 11.1 Å². The zero-order valence-corrected chi connectivity index (χ0v) is 11.3. The predicted molar refractivity (Wildman–Crippen MR) is 79.6 cm³/mol. The highest BCUT2D eigenvalue weighted by molar-refractivity contribution is 6.33. The van der Waals surface area contributed by atoms with Gasteiger partial charge in [0.05, 0.1) is 23.2 Å². The normalized spacial score (nSPS) is 9.95. The minimum Gasteiger partial charge on any atom is -0.398 e. The average molecular weight is 272 g/mol. The minimum atomic E-state index is 0.295. The highest BCUT2D eigenvalue weighted by atomic mass is 35.5. The Balaban J connectivity index is 2.31. The molecule has 96 valence electrons. The first-order chi connectivity index (χ1) is 9.10. The van der Waals surface area contributed by atoms with Gasteiger partial charge in [-0.2, -0.15) is 5.26 Å². The summed E-state index contributed by atoms with van der Waals surface area (Å²) in [5.74, 6) is 0. The maximum atomic E-state index is 8.76. The van der Waals surface area contributed by atoms with Crippen LogP contribution in [-0.2, 0) is 6.42 Å². The van der Waals surface area contributed by atoms with Gasteiger partial charge in [0.25, 0.3) is 0 Å². The van der Waals surface area contributed by atoms with E-state index in [1.807, 2.05) is 37.3 Å². The highest BCUT2D eigenvalue weighted by Gasteiger charge is 2.04. The zero-order chi connectivity index (χ0) is 13.8. The Labute approximate surface area is 117 Å². The third-order valence-corrected chi connectivity index (χ3v) is 3.14. The van der Waals surface area contributed by atoms with Gasteiger partial charge in [-0.25, -0.2) is 0 Å². The van der Waals surface area contributed by atoms with Crippen LogP contribution in [0.3, 0.4) is 0 Å². The van der Waals surface area contributed by atoms with Gasteiger partial charge in [-0.3, -0.25) is 0 Å². The van der Waals surface area contributed by atoms with Gasteiger partial charge in [-0.15, -0.1) is 0 Å². The van der Waals surface area contributed by atoms with Gasteiger partial charge in [0.2, 0.25) is 0 Å². The fraction of sp³-hybridized carbons (Fsp3) is 0.133. The molecule has 4 heteroatoms. The quantitative estimate of drug-likeness (QED) is 0.828. The summed E-state index contributed by atoms with van der Waals surface area (Å²) < 4.78 is 0. The number of anilines is 3. The molecule has 19 heavy (non-hydrogen) atoms. The van der Waals surface area contributed by atoms with Gasteiger partial charge in [0, 0.05) is 11.4 Å². The Kier molecular flexibility index (Phi) is 3.94. The molecule has 0 saturated carbocycles. The van der Waals surface area contributed by atoms with Crippen molar-refractivity contribution in [3.63, 3.8) is 0 Å². The van der Waals surface area contributed by atoms with Gasteiger partial charge in [0.1, 0.15) is 0 Å². The van der Waals surface area contributed by atoms with Gasteiger partial charge >= 0.3 is 0 Å². The van der Waals surface area contributed by atoms with Crippen LogP contribution in [0.4, 0.5) is 17.1 Å². The van der Waals surface area contributed by atoms with Crippen LogP contribution in [0.25, 0.3) is 0 Å². The Morgan fingerprint density at radius 2 is 2.05 bits per heavy atom. The van der Waals surface area contributed by atoms with E-state index in [-0.39, 0.29) is 0 Å². The first kappa shape index (κ1) is 13.3. The maximum absolute atomic E-state index is 8.76. The van der Waals surface area contributed by atoms with E-state index in [1.54, 1.807) is 6.07 Å². The number of nitriles is 1. The summed E-state index contributed by atoms with van der Waals surface area (Å²) in [5.41, 5.74) is 10.1. The first-order valence-corrected chi connectivity index (χ1v) is 6.26. The van der Waals surface area contributed by atoms with Crippen LogP contribution in [0.2, 0.25) is 5.02 Å². The molecule has 0 radical (unpaired) electrons. The number of rotatable bonds is 3. The lowest BCUT2D eigenvalue weighted by molar-refractivity contribution is 1.27. The summed E-state index contributed by atoms with van der Waals surface area (Å²) in [6.07, 6.45) is 0.295. The smallest absolute Gasteiger partial charge is 0.0670 e. The molecule has 0 aromatic heterocycles. The van der Waals surface area contributed by atoms with Crippen molar-refractivity contribution >= 4 is 28.7 Å². The van der Waals surface area contributed by atoms with Crippen molar-refractivity contribution in [3.05, 3.63) is 52.5 Å². The van der Waals surface area contributed by atoms with E-state index in [0.29, 0.717) is 17.1 Å². The molecule has 0 heterocycles. The number of nitrogens with zero attached hydrogens (tertiary/aromatic N) is 1. The maximum Gasteiger partial charge on any atom is 0.0670 e. The largest absolute Gasteiger partial charge is 0.398 e. The SMILES string of the molecule is Cc1ccc(Cl)c(Nc2ccc(N)c(CC#N)c2)c1. The van der Waals surface area contributed by atoms with Crippen molar-refractivity contribution in [1.82, 2.24) is 0 Å². The molecule has 0 fully saturated rings. The fourth-order valence-corrected chi connectivity index (χ4v) is 1.98. The zero-order valence-electron chi connectivity index (χ0n) is 10.6. The summed E-state index contributed by atoms with van der Waals surface area (Å²) in [6.45, 7) is 2.01. The van der Waals surface area contributed by atoms with Gasteiger partial charge in [-0.05, 0) is 48.4 Å².